The van der Waals surface area contributed by atoms with Gasteiger partial charge in [-0.1, -0.05) is 0 Å². The number of nitrogens with zero attached hydrogens (tertiary/aromatic N) is 2. The Labute approximate surface area is 113 Å². The van der Waals surface area contributed by atoms with Crippen LogP contribution < -0.4 is 5.32 Å². The van der Waals surface area contributed by atoms with E-state index in [4.69, 9.17) is 4.98 Å². The summed E-state index contributed by atoms with van der Waals surface area (Å²) in [4.78, 5) is 9.19. The molecule has 1 aromatic rings. The summed E-state index contributed by atoms with van der Waals surface area (Å²) < 4.78 is 0. The standard InChI is InChI=1S/C14H21N3S/c1-15-14(9-17-7-5-10(14)6-8-17)13-16-11-3-2-4-12(11)18-13/h10,15H,2-9H2,1H3. The summed E-state index contributed by atoms with van der Waals surface area (Å²) >= 11 is 1.99. The van der Waals surface area contributed by atoms with Gasteiger partial charge in [-0.25, -0.2) is 4.98 Å². The first-order valence-corrected chi connectivity index (χ1v) is 8.04. The summed E-state index contributed by atoms with van der Waals surface area (Å²) in [6, 6.07) is 0. The molecule has 3 fully saturated rings. The minimum Gasteiger partial charge on any atom is -0.307 e. The van der Waals surface area contributed by atoms with Crippen molar-refractivity contribution in [2.24, 2.45) is 5.92 Å². The number of aromatic nitrogens is 1. The summed E-state index contributed by atoms with van der Waals surface area (Å²) in [5, 5.41) is 5.04. The van der Waals surface area contributed by atoms with Crippen molar-refractivity contribution in [1.29, 1.82) is 0 Å². The molecule has 4 aliphatic rings. The van der Waals surface area contributed by atoms with Gasteiger partial charge in [0, 0.05) is 11.4 Å². The Hall–Kier alpha value is -0.450. The fourth-order valence-electron chi connectivity index (χ4n) is 4.08. The monoisotopic (exact) mass is 263 g/mol. The van der Waals surface area contributed by atoms with Crippen LogP contribution >= 0.6 is 11.3 Å². The van der Waals surface area contributed by atoms with Gasteiger partial charge in [0.25, 0.3) is 0 Å². The maximum atomic E-state index is 5.01. The Bertz CT molecular complexity index is 440. The molecule has 3 nitrogen and oxygen atoms in total. The van der Waals surface area contributed by atoms with Gasteiger partial charge in [0.1, 0.15) is 5.01 Å². The summed E-state index contributed by atoms with van der Waals surface area (Å²) in [6.07, 6.45) is 6.47. The molecular weight excluding hydrogens is 242 g/mol. The van der Waals surface area contributed by atoms with Crippen molar-refractivity contribution in [2.75, 3.05) is 26.7 Å². The van der Waals surface area contributed by atoms with Gasteiger partial charge >= 0.3 is 0 Å². The molecule has 4 heterocycles. The van der Waals surface area contributed by atoms with Crippen LogP contribution in [-0.4, -0.2) is 36.6 Å². The molecule has 18 heavy (non-hydrogen) atoms. The van der Waals surface area contributed by atoms with E-state index >= 15 is 0 Å². The van der Waals surface area contributed by atoms with Crippen LogP contribution in [0.1, 0.15) is 34.8 Å². The molecule has 0 amide bonds. The highest BCUT2D eigenvalue weighted by Gasteiger charge is 2.49. The van der Waals surface area contributed by atoms with Gasteiger partial charge in [-0.15, -0.1) is 11.3 Å². The topological polar surface area (TPSA) is 28.2 Å². The number of hydrogen-bond acceptors (Lipinski definition) is 4. The average Bonchev–Trinajstić information content (AvgIpc) is 3.00. The fraction of sp³-hybridized carbons (Fsp3) is 0.786. The van der Waals surface area contributed by atoms with Crippen molar-refractivity contribution in [2.45, 2.75) is 37.6 Å². The van der Waals surface area contributed by atoms with Crippen LogP contribution in [0.2, 0.25) is 0 Å². The van der Waals surface area contributed by atoms with Gasteiger partial charge in [0.05, 0.1) is 11.2 Å². The van der Waals surface area contributed by atoms with Crippen LogP contribution in [0.3, 0.4) is 0 Å². The van der Waals surface area contributed by atoms with E-state index in [2.05, 4.69) is 17.3 Å². The highest BCUT2D eigenvalue weighted by molar-refractivity contribution is 7.12. The van der Waals surface area contributed by atoms with Crippen molar-refractivity contribution < 1.29 is 0 Å². The number of fused-ring (bicyclic) bond motifs is 4. The van der Waals surface area contributed by atoms with E-state index in [1.807, 2.05) is 11.3 Å². The van der Waals surface area contributed by atoms with E-state index in [0.29, 0.717) is 0 Å². The third kappa shape index (κ3) is 1.46. The first-order chi connectivity index (χ1) is 8.82. The maximum Gasteiger partial charge on any atom is 0.115 e. The average molecular weight is 263 g/mol. The summed E-state index contributed by atoms with van der Waals surface area (Å²) in [6.45, 7) is 3.75. The Morgan fingerprint density at radius 2 is 2.17 bits per heavy atom. The first-order valence-electron chi connectivity index (χ1n) is 7.22. The normalized spacial score (nSPS) is 38.1. The molecule has 0 radical (unpaired) electrons. The smallest absolute Gasteiger partial charge is 0.115 e. The molecule has 0 spiro atoms. The zero-order valence-electron chi connectivity index (χ0n) is 11.0. The zero-order chi connectivity index (χ0) is 12.2. The first kappa shape index (κ1) is 11.4. The van der Waals surface area contributed by atoms with Crippen LogP contribution in [0.4, 0.5) is 0 Å². The minimum absolute atomic E-state index is 0.158. The van der Waals surface area contributed by atoms with Gasteiger partial charge in [0.2, 0.25) is 0 Å². The lowest BCUT2D eigenvalue weighted by Crippen LogP contribution is -2.62. The third-order valence-corrected chi connectivity index (χ3v) is 6.52. The van der Waals surface area contributed by atoms with E-state index in [0.717, 1.165) is 5.92 Å². The van der Waals surface area contributed by atoms with E-state index in [9.17, 15) is 0 Å². The lowest BCUT2D eigenvalue weighted by atomic mass is 9.73. The van der Waals surface area contributed by atoms with Gasteiger partial charge in [0.15, 0.2) is 0 Å². The maximum absolute atomic E-state index is 5.01. The molecule has 1 aromatic heterocycles. The quantitative estimate of drug-likeness (QED) is 0.881. The van der Waals surface area contributed by atoms with Crippen LogP contribution in [0.5, 0.6) is 0 Å². The lowest BCUT2D eigenvalue weighted by molar-refractivity contribution is 0.00744. The summed E-state index contributed by atoms with van der Waals surface area (Å²) in [5.74, 6) is 0.791. The van der Waals surface area contributed by atoms with Crippen molar-refractivity contribution in [3.8, 4) is 0 Å². The largest absolute Gasteiger partial charge is 0.307 e. The fourth-order valence-corrected chi connectivity index (χ4v) is 5.50. The second-order valence-corrected chi connectivity index (χ2v) is 7.10. The Morgan fingerprint density at radius 3 is 2.78 bits per heavy atom. The molecule has 3 saturated heterocycles. The molecule has 0 aromatic carbocycles. The number of likely N-dealkylation sites (N-methyl/N-ethyl adjacent to an activating group) is 1. The molecule has 1 N–H and O–H groups in total. The van der Waals surface area contributed by atoms with E-state index in [1.165, 1.54) is 62.4 Å². The van der Waals surface area contributed by atoms with Crippen molar-refractivity contribution >= 4 is 11.3 Å². The molecule has 1 atom stereocenters. The van der Waals surface area contributed by atoms with Crippen molar-refractivity contribution in [3.63, 3.8) is 0 Å². The highest BCUT2D eigenvalue weighted by Crippen LogP contribution is 2.45. The van der Waals surface area contributed by atoms with Crippen LogP contribution in [0, 0.1) is 5.92 Å². The molecule has 3 aliphatic heterocycles. The highest BCUT2D eigenvalue weighted by atomic mass is 32.1. The van der Waals surface area contributed by atoms with Gasteiger partial charge < -0.3 is 10.2 Å². The molecule has 1 aliphatic carbocycles. The zero-order valence-corrected chi connectivity index (χ0v) is 11.9. The van der Waals surface area contributed by atoms with Gasteiger partial charge in [-0.05, 0) is 58.2 Å². The predicted octanol–water partition coefficient (Wildman–Crippen LogP) is 1.77. The number of nitrogens with one attached hydrogen (secondary N) is 1. The van der Waals surface area contributed by atoms with E-state index < -0.39 is 0 Å². The van der Waals surface area contributed by atoms with E-state index in [-0.39, 0.29) is 5.54 Å². The SMILES string of the molecule is CNC1(c2nc3c(s2)CCC3)CN2CCC1CC2. The van der Waals surface area contributed by atoms with Crippen molar-refractivity contribution in [3.05, 3.63) is 15.6 Å². The number of rotatable bonds is 2. The molecule has 4 heteroatoms. The van der Waals surface area contributed by atoms with Crippen LogP contribution in [0.15, 0.2) is 0 Å². The summed E-state index contributed by atoms with van der Waals surface area (Å²) in [5.41, 5.74) is 1.56. The lowest BCUT2D eigenvalue weighted by Gasteiger charge is -2.52. The molecule has 5 rings (SSSR count). The molecular formula is C14H21N3S. The third-order valence-electron chi connectivity index (χ3n) is 5.18. The number of thiazole rings is 1. The number of piperidine rings is 3. The van der Waals surface area contributed by atoms with Crippen molar-refractivity contribution in [1.82, 2.24) is 15.2 Å². The van der Waals surface area contributed by atoms with Gasteiger partial charge in [-0.2, -0.15) is 0 Å². The Morgan fingerprint density at radius 1 is 1.33 bits per heavy atom. The minimum atomic E-state index is 0.158. The van der Waals surface area contributed by atoms with Gasteiger partial charge in [-0.3, -0.25) is 0 Å². The summed E-state index contributed by atoms with van der Waals surface area (Å²) in [7, 11) is 2.13. The molecule has 1 unspecified atom stereocenters. The van der Waals surface area contributed by atoms with Crippen LogP contribution in [0.25, 0.3) is 0 Å². The number of aryl methyl sites for hydroxylation is 2. The Balaban J connectivity index is 1.75. The predicted molar refractivity (Wildman–Crippen MR) is 74.0 cm³/mol. The van der Waals surface area contributed by atoms with E-state index in [1.54, 1.807) is 4.88 Å². The van der Waals surface area contributed by atoms with Crippen LogP contribution in [-0.2, 0) is 18.4 Å². The second-order valence-electron chi connectivity index (χ2n) is 6.01. The Kier molecular flexibility index (Phi) is 2.54. The number of hydrogen-bond donors (Lipinski definition) is 1. The molecule has 2 bridgehead atoms. The second kappa shape index (κ2) is 4.02. The molecule has 0 saturated carbocycles. The molecule has 98 valence electrons.